The molecule has 1 nitrogen and oxygen atoms in total. The summed E-state index contributed by atoms with van der Waals surface area (Å²) in [6.45, 7) is 2.11. The lowest BCUT2D eigenvalue weighted by molar-refractivity contribution is 1.09. The number of aromatic nitrogens is 1. The first kappa shape index (κ1) is 9.92. The molecule has 1 rings (SSSR count). The van der Waals surface area contributed by atoms with Gasteiger partial charge in [-0.2, -0.15) is 0 Å². The molecule has 0 fully saturated rings. The molecule has 0 aliphatic carbocycles. The summed E-state index contributed by atoms with van der Waals surface area (Å²) in [6, 6.07) is 1.96. The zero-order chi connectivity index (χ0) is 6.69. The van der Waals surface area contributed by atoms with E-state index in [9.17, 15) is 0 Å². The highest BCUT2D eigenvalue weighted by molar-refractivity contribution is 9.10. The fourth-order valence-corrected chi connectivity index (χ4v) is 1.17. The SMILES string of the molecule is CCc1cnccc1Br.Cl. The molecular weight excluding hydrogens is 213 g/mol. The zero-order valence-electron chi connectivity index (χ0n) is 5.67. The van der Waals surface area contributed by atoms with Crippen molar-refractivity contribution in [3.05, 3.63) is 28.5 Å². The zero-order valence-corrected chi connectivity index (χ0v) is 8.08. The van der Waals surface area contributed by atoms with E-state index in [-0.39, 0.29) is 12.4 Å². The predicted molar refractivity (Wildman–Crippen MR) is 48.6 cm³/mol. The number of pyridine rings is 1. The number of hydrogen-bond donors (Lipinski definition) is 0. The fourth-order valence-electron chi connectivity index (χ4n) is 0.670. The van der Waals surface area contributed by atoms with Crippen LogP contribution in [0, 0.1) is 0 Å². The number of rotatable bonds is 1. The fraction of sp³-hybridized carbons (Fsp3) is 0.286. The van der Waals surface area contributed by atoms with Gasteiger partial charge in [-0.05, 0) is 18.1 Å². The van der Waals surface area contributed by atoms with E-state index in [4.69, 9.17) is 0 Å². The first-order valence-corrected chi connectivity index (χ1v) is 3.72. The molecule has 1 aromatic rings. The van der Waals surface area contributed by atoms with Crippen molar-refractivity contribution in [2.24, 2.45) is 0 Å². The summed E-state index contributed by atoms with van der Waals surface area (Å²) in [7, 11) is 0. The van der Waals surface area contributed by atoms with Crippen LogP contribution < -0.4 is 0 Å². The van der Waals surface area contributed by atoms with E-state index in [0.717, 1.165) is 10.9 Å². The van der Waals surface area contributed by atoms with Crippen LogP contribution >= 0.6 is 28.3 Å². The first-order valence-electron chi connectivity index (χ1n) is 2.93. The van der Waals surface area contributed by atoms with Crippen LogP contribution in [0.2, 0.25) is 0 Å². The lowest BCUT2D eigenvalue weighted by atomic mass is 10.2. The monoisotopic (exact) mass is 221 g/mol. The first-order chi connectivity index (χ1) is 4.34. The van der Waals surface area contributed by atoms with Crippen LogP contribution in [0.1, 0.15) is 12.5 Å². The van der Waals surface area contributed by atoms with Crippen LogP contribution in [-0.2, 0) is 6.42 Å². The van der Waals surface area contributed by atoms with Gasteiger partial charge in [-0.25, -0.2) is 0 Å². The van der Waals surface area contributed by atoms with Gasteiger partial charge in [0, 0.05) is 16.9 Å². The molecular formula is C7H9BrClN. The minimum atomic E-state index is 0. The molecule has 0 aliphatic rings. The maximum Gasteiger partial charge on any atom is 0.0311 e. The van der Waals surface area contributed by atoms with E-state index in [0.29, 0.717) is 0 Å². The van der Waals surface area contributed by atoms with Crippen LogP contribution in [0.25, 0.3) is 0 Å². The van der Waals surface area contributed by atoms with Gasteiger partial charge in [0.05, 0.1) is 0 Å². The molecule has 0 amide bonds. The molecule has 3 heteroatoms. The smallest absolute Gasteiger partial charge is 0.0311 e. The van der Waals surface area contributed by atoms with Crippen molar-refractivity contribution in [3.63, 3.8) is 0 Å². The second-order valence-corrected chi connectivity index (χ2v) is 2.67. The topological polar surface area (TPSA) is 12.9 Å². The molecule has 0 saturated heterocycles. The van der Waals surface area contributed by atoms with Crippen molar-refractivity contribution >= 4 is 28.3 Å². The Balaban J connectivity index is 0.000000810. The van der Waals surface area contributed by atoms with E-state index in [2.05, 4.69) is 27.8 Å². The highest BCUT2D eigenvalue weighted by atomic mass is 79.9. The maximum absolute atomic E-state index is 3.99. The Labute approximate surface area is 75.4 Å². The lowest BCUT2D eigenvalue weighted by Crippen LogP contribution is -1.82. The number of hydrogen-bond acceptors (Lipinski definition) is 1. The Morgan fingerprint density at radius 2 is 2.30 bits per heavy atom. The number of halogens is 2. The molecule has 0 unspecified atom stereocenters. The van der Waals surface area contributed by atoms with Crippen LogP contribution in [0.3, 0.4) is 0 Å². The van der Waals surface area contributed by atoms with Crippen molar-refractivity contribution < 1.29 is 0 Å². The van der Waals surface area contributed by atoms with Crippen molar-refractivity contribution in [2.75, 3.05) is 0 Å². The molecule has 0 radical (unpaired) electrons. The molecule has 0 bridgehead atoms. The summed E-state index contributed by atoms with van der Waals surface area (Å²) in [6.07, 6.45) is 4.70. The van der Waals surface area contributed by atoms with Gasteiger partial charge in [-0.1, -0.05) is 22.9 Å². The molecule has 1 heterocycles. The minimum absolute atomic E-state index is 0. The molecule has 0 N–H and O–H groups in total. The minimum Gasteiger partial charge on any atom is -0.264 e. The normalized spacial score (nSPS) is 8.60. The molecule has 0 aliphatic heterocycles. The number of aryl methyl sites for hydroxylation is 1. The Morgan fingerprint density at radius 3 is 2.70 bits per heavy atom. The van der Waals surface area contributed by atoms with Gasteiger partial charge in [0.2, 0.25) is 0 Å². The molecule has 0 spiro atoms. The quantitative estimate of drug-likeness (QED) is 0.712. The van der Waals surface area contributed by atoms with E-state index in [1.807, 2.05) is 12.3 Å². The van der Waals surface area contributed by atoms with E-state index in [1.165, 1.54) is 5.56 Å². The average Bonchev–Trinajstić information content (AvgIpc) is 1.89. The molecule has 0 saturated carbocycles. The third-order valence-corrected chi connectivity index (χ3v) is 2.00. The van der Waals surface area contributed by atoms with Gasteiger partial charge >= 0.3 is 0 Å². The van der Waals surface area contributed by atoms with Crippen LogP contribution in [-0.4, -0.2) is 4.98 Å². The second kappa shape index (κ2) is 4.69. The van der Waals surface area contributed by atoms with Gasteiger partial charge in [0.15, 0.2) is 0 Å². The standard InChI is InChI=1S/C7H8BrN.ClH/c1-2-6-5-9-4-3-7(6)8;/h3-5H,2H2,1H3;1H. The van der Waals surface area contributed by atoms with Crippen LogP contribution in [0.15, 0.2) is 22.9 Å². The van der Waals surface area contributed by atoms with Crippen LogP contribution in [0.4, 0.5) is 0 Å². The van der Waals surface area contributed by atoms with Gasteiger partial charge in [-0.3, -0.25) is 4.98 Å². The summed E-state index contributed by atoms with van der Waals surface area (Å²) < 4.78 is 1.15. The van der Waals surface area contributed by atoms with E-state index < -0.39 is 0 Å². The third-order valence-electron chi connectivity index (χ3n) is 1.22. The van der Waals surface area contributed by atoms with Gasteiger partial charge in [0.1, 0.15) is 0 Å². The molecule has 1 aromatic heterocycles. The lowest BCUT2D eigenvalue weighted by Gasteiger charge is -1.95. The molecule has 10 heavy (non-hydrogen) atoms. The molecule has 56 valence electrons. The van der Waals surface area contributed by atoms with Gasteiger partial charge in [0.25, 0.3) is 0 Å². The molecule has 0 aromatic carbocycles. The highest BCUT2D eigenvalue weighted by Crippen LogP contribution is 2.13. The Hall–Kier alpha value is -0.0800. The van der Waals surface area contributed by atoms with Gasteiger partial charge in [-0.15, -0.1) is 12.4 Å². The predicted octanol–water partition coefficient (Wildman–Crippen LogP) is 2.83. The highest BCUT2D eigenvalue weighted by Gasteiger charge is 1.92. The summed E-state index contributed by atoms with van der Waals surface area (Å²) in [4.78, 5) is 3.99. The summed E-state index contributed by atoms with van der Waals surface area (Å²) >= 11 is 3.42. The van der Waals surface area contributed by atoms with Crippen LogP contribution in [0.5, 0.6) is 0 Å². The average molecular weight is 223 g/mol. The van der Waals surface area contributed by atoms with Gasteiger partial charge < -0.3 is 0 Å². The summed E-state index contributed by atoms with van der Waals surface area (Å²) in [5, 5.41) is 0. The van der Waals surface area contributed by atoms with Crippen molar-refractivity contribution in [1.82, 2.24) is 4.98 Å². The maximum atomic E-state index is 3.99. The Bertz CT molecular complexity index is 203. The number of nitrogens with zero attached hydrogens (tertiary/aromatic N) is 1. The van der Waals surface area contributed by atoms with E-state index >= 15 is 0 Å². The third kappa shape index (κ3) is 2.27. The Kier molecular flexibility index (Phi) is 4.65. The van der Waals surface area contributed by atoms with Crippen molar-refractivity contribution in [2.45, 2.75) is 13.3 Å². The van der Waals surface area contributed by atoms with E-state index in [1.54, 1.807) is 6.20 Å². The second-order valence-electron chi connectivity index (χ2n) is 1.82. The van der Waals surface area contributed by atoms with Crippen molar-refractivity contribution in [1.29, 1.82) is 0 Å². The summed E-state index contributed by atoms with van der Waals surface area (Å²) in [5.41, 5.74) is 1.26. The largest absolute Gasteiger partial charge is 0.264 e. The van der Waals surface area contributed by atoms with Crippen molar-refractivity contribution in [3.8, 4) is 0 Å². The summed E-state index contributed by atoms with van der Waals surface area (Å²) in [5.74, 6) is 0. The Morgan fingerprint density at radius 1 is 1.60 bits per heavy atom. The molecule has 0 atom stereocenters.